The van der Waals surface area contributed by atoms with Crippen molar-refractivity contribution in [1.82, 2.24) is 0 Å². The van der Waals surface area contributed by atoms with Crippen LogP contribution in [0.15, 0.2) is 120 Å². The Labute approximate surface area is 201 Å². The zero-order chi connectivity index (χ0) is 23.1. The maximum atomic E-state index is 6.47. The minimum Gasteiger partial charge on any atom is -0.456 e. The number of rotatable bonds is 4. The van der Waals surface area contributed by atoms with Crippen LogP contribution in [0.25, 0.3) is 33.1 Å². The molecule has 0 unspecified atom stereocenters. The van der Waals surface area contributed by atoms with Gasteiger partial charge in [0.25, 0.3) is 0 Å². The Hall–Kier alpha value is -3.67. The molecule has 6 rings (SSSR count). The Bertz CT molecular complexity index is 1530. The summed E-state index contributed by atoms with van der Waals surface area (Å²) < 4.78 is 6.47. The van der Waals surface area contributed by atoms with Crippen molar-refractivity contribution in [2.45, 2.75) is 13.8 Å². The second-order valence-electron chi connectivity index (χ2n) is 8.84. The molecule has 0 amide bonds. The fourth-order valence-corrected chi connectivity index (χ4v) is 7.05. The van der Waals surface area contributed by atoms with E-state index in [0.717, 1.165) is 16.7 Å². The predicted molar refractivity (Wildman–Crippen MR) is 147 cm³/mol. The van der Waals surface area contributed by atoms with Gasteiger partial charge in [0.05, 0.1) is 0 Å². The molecule has 164 valence electrons. The Balaban J connectivity index is 1.67. The fraction of sp³-hybridized carbons (Fsp3) is 0.0625. The van der Waals surface area contributed by atoms with E-state index in [1.807, 2.05) is 12.1 Å². The second kappa shape index (κ2) is 8.60. The fourth-order valence-electron chi connectivity index (χ4n) is 4.63. The number of para-hydroxylation sites is 1. The van der Waals surface area contributed by atoms with Crippen LogP contribution >= 0.6 is 7.92 Å². The van der Waals surface area contributed by atoms with E-state index in [1.54, 1.807) is 0 Å². The highest BCUT2D eigenvalue weighted by atomic mass is 31.1. The van der Waals surface area contributed by atoms with Gasteiger partial charge in [0, 0.05) is 10.9 Å². The first-order valence-electron chi connectivity index (χ1n) is 11.6. The van der Waals surface area contributed by atoms with Crippen molar-refractivity contribution >= 4 is 45.6 Å². The molecule has 1 aromatic heterocycles. The molecule has 6 aromatic rings. The number of benzene rings is 5. The van der Waals surface area contributed by atoms with Crippen molar-refractivity contribution in [3.05, 3.63) is 126 Å². The first-order valence-corrected chi connectivity index (χ1v) is 13.0. The third kappa shape index (κ3) is 3.73. The number of furan rings is 1. The van der Waals surface area contributed by atoms with Gasteiger partial charge in [-0.2, -0.15) is 0 Å². The van der Waals surface area contributed by atoms with Crippen molar-refractivity contribution < 1.29 is 4.42 Å². The molecule has 5 aromatic carbocycles. The first kappa shape index (κ1) is 20.9. The van der Waals surface area contributed by atoms with Crippen LogP contribution < -0.4 is 15.9 Å². The smallest absolute Gasteiger partial charge is 0.136 e. The molecule has 1 nitrogen and oxygen atoms in total. The maximum absolute atomic E-state index is 6.47. The van der Waals surface area contributed by atoms with Gasteiger partial charge in [-0.3, -0.25) is 0 Å². The quantitative estimate of drug-likeness (QED) is 0.249. The van der Waals surface area contributed by atoms with Crippen LogP contribution in [0, 0.1) is 13.8 Å². The Morgan fingerprint density at radius 3 is 1.79 bits per heavy atom. The van der Waals surface area contributed by atoms with Gasteiger partial charge in [0.1, 0.15) is 11.3 Å². The topological polar surface area (TPSA) is 13.1 Å². The molecule has 0 spiro atoms. The first-order chi connectivity index (χ1) is 16.7. The molecule has 0 atom stereocenters. The second-order valence-corrected chi connectivity index (χ2v) is 11.0. The van der Waals surface area contributed by atoms with Gasteiger partial charge in [-0.1, -0.05) is 114 Å². The van der Waals surface area contributed by atoms with Gasteiger partial charge < -0.3 is 4.42 Å². The third-order valence-electron chi connectivity index (χ3n) is 6.40. The molecule has 2 heteroatoms. The van der Waals surface area contributed by atoms with Gasteiger partial charge in [0.15, 0.2) is 0 Å². The lowest BCUT2D eigenvalue weighted by atomic mass is 10.0. The number of hydrogen-bond acceptors (Lipinski definition) is 1. The average Bonchev–Trinajstić information content (AvgIpc) is 3.30. The van der Waals surface area contributed by atoms with Gasteiger partial charge >= 0.3 is 0 Å². The summed E-state index contributed by atoms with van der Waals surface area (Å²) in [5.41, 5.74) is 4.67. The third-order valence-corrected chi connectivity index (χ3v) is 8.89. The highest BCUT2D eigenvalue weighted by molar-refractivity contribution is 7.80. The number of fused-ring (bicyclic) bond motifs is 2. The van der Waals surface area contributed by atoms with Crippen molar-refractivity contribution in [1.29, 1.82) is 0 Å². The van der Waals surface area contributed by atoms with Crippen LogP contribution in [-0.4, -0.2) is 0 Å². The van der Waals surface area contributed by atoms with Gasteiger partial charge in [-0.25, -0.2) is 0 Å². The van der Waals surface area contributed by atoms with Gasteiger partial charge in [-0.15, -0.1) is 0 Å². The summed E-state index contributed by atoms with van der Waals surface area (Å²) in [6, 6.07) is 41.7. The zero-order valence-electron chi connectivity index (χ0n) is 19.3. The van der Waals surface area contributed by atoms with Gasteiger partial charge in [0.2, 0.25) is 0 Å². The lowest BCUT2D eigenvalue weighted by Crippen LogP contribution is -2.22. The molecule has 0 fully saturated rings. The Morgan fingerprint density at radius 1 is 0.559 bits per heavy atom. The van der Waals surface area contributed by atoms with Crippen molar-refractivity contribution in [3.63, 3.8) is 0 Å². The van der Waals surface area contributed by atoms with E-state index in [4.69, 9.17) is 4.42 Å². The predicted octanol–water partition coefficient (Wildman–Crippen LogP) is 7.63. The zero-order valence-corrected chi connectivity index (χ0v) is 20.2. The van der Waals surface area contributed by atoms with Crippen LogP contribution in [0.3, 0.4) is 0 Å². The molecule has 34 heavy (non-hydrogen) atoms. The number of aryl methyl sites for hydroxylation is 2. The summed E-state index contributed by atoms with van der Waals surface area (Å²) >= 11 is 0. The SMILES string of the molecule is Cc1ccc(P(c2ccc(C)cc2)c2ccc3ccccc3c2-c2cc3ccccc3o2)cc1. The van der Waals surface area contributed by atoms with Crippen molar-refractivity contribution in [2.24, 2.45) is 0 Å². The van der Waals surface area contributed by atoms with Crippen LogP contribution in [0.1, 0.15) is 11.1 Å². The summed E-state index contributed by atoms with van der Waals surface area (Å²) in [5, 5.41) is 7.59. The molecule has 0 aliphatic rings. The van der Waals surface area contributed by atoms with E-state index in [1.165, 1.54) is 43.4 Å². The van der Waals surface area contributed by atoms with Crippen LogP contribution in [0.2, 0.25) is 0 Å². The largest absolute Gasteiger partial charge is 0.456 e. The van der Waals surface area contributed by atoms with Crippen LogP contribution in [-0.2, 0) is 0 Å². The molecular weight excluding hydrogens is 431 g/mol. The summed E-state index contributed by atoms with van der Waals surface area (Å²) in [5.74, 6) is 0.930. The van der Waals surface area contributed by atoms with Crippen molar-refractivity contribution in [3.8, 4) is 11.3 Å². The molecular formula is C32H25OP. The molecule has 0 saturated carbocycles. The Kier molecular flexibility index (Phi) is 5.28. The van der Waals surface area contributed by atoms with E-state index >= 15 is 0 Å². The molecule has 0 saturated heterocycles. The van der Waals surface area contributed by atoms with E-state index in [9.17, 15) is 0 Å². The summed E-state index contributed by atoms with van der Waals surface area (Å²) in [7, 11) is -0.778. The van der Waals surface area contributed by atoms with Crippen molar-refractivity contribution in [2.75, 3.05) is 0 Å². The van der Waals surface area contributed by atoms with E-state index in [2.05, 4.69) is 117 Å². The minimum absolute atomic E-state index is 0.778. The van der Waals surface area contributed by atoms with E-state index < -0.39 is 7.92 Å². The highest BCUT2D eigenvalue weighted by Crippen LogP contribution is 2.41. The molecule has 0 aliphatic heterocycles. The van der Waals surface area contributed by atoms with Gasteiger partial charge in [-0.05, 0) is 60.6 Å². The lowest BCUT2D eigenvalue weighted by molar-refractivity contribution is 0.633. The summed E-state index contributed by atoms with van der Waals surface area (Å²) in [6.07, 6.45) is 0. The molecule has 0 radical (unpaired) electrons. The highest BCUT2D eigenvalue weighted by Gasteiger charge is 2.24. The average molecular weight is 457 g/mol. The van der Waals surface area contributed by atoms with Crippen LogP contribution in [0.4, 0.5) is 0 Å². The standard InChI is InChI=1S/C32H25OP/c1-22-11-16-26(17-12-22)34(27-18-13-23(2)14-19-27)31-20-15-24-7-3-5-9-28(24)32(31)30-21-25-8-4-6-10-29(25)33-30/h3-21H,1-2H3. The molecule has 1 heterocycles. The summed E-state index contributed by atoms with van der Waals surface area (Å²) in [6.45, 7) is 4.29. The van der Waals surface area contributed by atoms with Crippen LogP contribution in [0.5, 0.6) is 0 Å². The van der Waals surface area contributed by atoms with E-state index in [0.29, 0.717) is 0 Å². The maximum Gasteiger partial charge on any atom is 0.136 e. The minimum atomic E-state index is -0.778. The monoisotopic (exact) mass is 456 g/mol. The molecule has 0 aliphatic carbocycles. The molecule has 0 N–H and O–H groups in total. The lowest BCUT2D eigenvalue weighted by Gasteiger charge is -2.23. The Morgan fingerprint density at radius 2 is 1.15 bits per heavy atom. The summed E-state index contributed by atoms with van der Waals surface area (Å²) in [4.78, 5) is 0. The molecule has 0 bridgehead atoms. The normalized spacial score (nSPS) is 11.5. The number of hydrogen-bond donors (Lipinski definition) is 0. The van der Waals surface area contributed by atoms with E-state index in [-0.39, 0.29) is 0 Å².